The number of nitrogens with zero attached hydrogens (tertiary/aromatic N) is 2. The molecular weight excluding hydrogens is 354 g/mol. The lowest BCUT2D eigenvalue weighted by molar-refractivity contribution is -0.130. The van der Waals surface area contributed by atoms with E-state index >= 15 is 0 Å². The maximum absolute atomic E-state index is 13.4. The summed E-state index contributed by atoms with van der Waals surface area (Å²) in [5, 5.41) is 3.08. The molecule has 2 saturated carbocycles. The van der Waals surface area contributed by atoms with Gasteiger partial charge in [0.05, 0.1) is 11.6 Å². The lowest BCUT2D eigenvalue weighted by atomic mass is 9.81. The lowest BCUT2D eigenvalue weighted by Gasteiger charge is -2.46. The molecule has 0 bridgehead atoms. The van der Waals surface area contributed by atoms with Crippen LogP contribution in [0.4, 0.5) is 10.5 Å². The minimum Gasteiger partial charge on any atom is -0.352 e. The lowest BCUT2D eigenvalue weighted by Crippen LogP contribution is -2.64. The molecule has 4 rings (SSSR count). The van der Waals surface area contributed by atoms with E-state index in [1.807, 2.05) is 31.2 Å². The van der Waals surface area contributed by atoms with E-state index in [1.54, 1.807) is 4.90 Å². The zero-order valence-corrected chi connectivity index (χ0v) is 16.5. The van der Waals surface area contributed by atoms with Crippen molar-refractivity contribution in [2.45, 2.75) is 70.4 Å². The third kappa shape index (κ3) is 3.52. The second-order valence-corrected chi connectivity index (χ2v) is 8.38. The summed E-state index contributed by atoms with van der Waals surface area (Å²) < 4.78 is 0. The van der Waals surface area contributed by atoms with E-state index in [-0.39, 0.29) is 42.4 Å². The van der Waals surface area contributed by atoms with Crippen molar-refractivity contribution in [3.63, 3.8) is 0 Å². The number of amides is 4. The number of rotatable bonds is 4. The van der Waals surface area contributed by atoms with Crippen LogP contribution in [0.15, 0.2) is 24.3 Å². The van der Waals surface area contributed by atoms with Crippen LogP contribution in [0.5, 0.6) is 0 Å². The van der Waals surface area contributed by atoms with Gasteiger partial charge in [-0.2, -0.15) is 0 Å². The highest BCUT2D eigenvalue weighted by Crippen LogP contribution is 2.37. The highest BCUT2D eigenvalue weighted by Gasteiger charge is 2.48. The van der Waals surface area contributed by atoms with E-state index in [4.69, 9.17) is 0 Å². The van der Waals surface area contributed by atoms with Crippen LogP contribution in [0.25, 0.3) is 0 Å². The summed E-state index contributed by atoms with van der Waals surface area (Å²) >= 11 is 0. The Labute approximate surface area is 166 Å². The number of urea groups is 1. The standard InChI is InChI=1S/C22H29N3O3/c1-15-8-2-6-12-18(15)25-21(27)17-11-5-7-13-19(17)24(22(25)28)14-20(26)23-16-9-3-4-10-16/h2,6,8,12,16-17,19H,3-5,7,9-11,13-14H2,1H3,(H,23,26). The molecule has 1 heterocycles. The summed E-state index contributed by atoms with van der Waals surface area (Å²) in [5.74, 6) is -0.439. The van der Waals surface area contributed by atoms with Gasteiger partial charge in [-0.3, -0.25) is 9.59 Å². The van der Waals surface area contributed by atoms with Crippen LogP contribution in [0.1, 0.15) is 56.9 Å². The van der Waals surface area contributed by atoms with Gasteiger partial charge in [-0.15, -0.1) is 0 Å². The zero-order valence-electron chi connectivity index (χ0n) is 16.5. The molecule has 0 radical (unpaired) electrons. The van der Waals surface area contributed by atoms with Crippen molar-refractivity contribution in [1.29, 1.82) is 0 Å². The van der Waals surface area contributed by atoms with Crippen molar-refractivity contribution in [2.24, 2.45) is 5.92 Å². The van der Waals surface area contributed by atoms with Crippen LogP contribution < -0.4 is 10.2 Å². The van der Waals surface area contributed by atoms with Gasteiger partial charge in [-0.05, 0) is 44.2 Å². The maximum Gasteiger partial charge on any atom is 0.332 e. The second kappa shape index (κ2) is 7.94. The number of aryl methyl sites for hydroxylation is 1. The van der Waals surface area contributed by atoms with Gasteiger partial charge in [0.1, 0.15) is 6.54 Å². The molecular formula is C22H29N3O3. The Balaban J connectivity index is 1.59. The molecule has 1 saturated heterocycles. The van der Waals surface area contributed by atoms with Crippen LogP contribution >= 0.6 is 0 Å². The van der Waals surface area contributed by atoms with Crippen LogP contribution in [-0.2, 0) is 9.59 Å². The molecule has 2 unspecified atom stereocenters. The molecule has 4 amide bonds. The Morgan fingerprint density at radius 3 is 2.46 bits per heavy atom. The quantitative estimate of drug-likeness (QED) is 0.866. The first-order chi connectivity index (χ1) is 13.6. The molecule has 1 N–H and O–H groups in total. The van der Waals surface area contributed by atoms with E-state index < -0.39 is 0 Å². The van der Waals surface area contributed by atoms with Gasteiger partial charge in [0.2, 0.25) is 11.8 Å². The number of carbonyl (C=O) groups excluding carboxylic acids is 3. The molecule has 0 spiro atoms. The molecule has 1 aromatic carbocycles. The number of benzene rings is 1. The number of hydrogen-bond acceptors (Lipinski definition) is 3. The summed E-state index contributed by atoms with van der Waals surface area (Å²) in [4.78, 5) is 42.2. The molecule has 28 heavy (non-hydrogen) atoms. The van der Waals surface area contributed by atoms with Crippen LogP contribution in [-0.4, -0.2) is 41.4 Å². The van der Waals surface area contributed by atoms with E-state index in [1.165, 1.54) is 4.90 Å². The Morgan fingerprint density at radius 2 is 1.71 bits per heavy atom. The van der Waals surface area contributed by atoms with Crippen molar-refractivity contribution in [1.82, 2.24) is 10.2 Å². The molecule has 3 aliphatic rings. The van der Waals surface area contributed by atoms with E-state index in [2.05, 4.69) is 5.32 Å². The predicted octanol–water partition coefficient (Wildman–Crippen LogP) is 3.38. The number of nitrogens with one attached hydrogen (secondary N) is 1. The fourth-order valence-electron chi connectivity index (χ4n) is 5.02. The Kier molecular flexibility index (Phi) is 5.38. The van der Waals surface area contributed by atoms with Gasteiger partial charge in [0.25, 0.3) is 0 Å². The van der Waals surface area contributed by atoms with Crippen LogP contribution in [0.3, 0.4) is 0 Å². The zero-order chi connectivity index (χ0) is 19.7. The molecule has 6 heteroatoms. The van der Waals surface area contributed by atoms with Crippen molar-refractivity contribution < 1.29 is 14.4 Å². The Hall–Kier alpha value is -2.37. The van der Waals surface area contributed by atoms with Crippen molar-refractivity contribution in [3.8, 4) is 0 Å². The summed E-state index contributed by atoms with van der Waals surface area (Å²) in [6, 6.07) is 7.16. The third-order valence-corrected chi connectivity index (χ3v) is 6.49. The second-order valence-electron chi connectivity index (χ2n) is 8.38. The van der Waals surface area contributed by atoms with E-state index in [9.17, 15) is 14.4 Å². The van der Waals surface area contributed by atoms with Gasteiger partial charge < -0.3 is 10.2 Å². The third-order valence-electron chi connectivity index (χ3n) is 6.49. The van der Waals surface area contributed by atoms with Gasteiger partial charge in [0.15, 0.2) is 0 Å². The molecule has 2 atom stereocenters. The molecule has 0 aromatic heterocycles. The van der Waals surface area contributed by atoms with Gasteiger partial charge in [-0.1, -0.05) is 43.9 Å². The fourth-order valence-corrected chi connectivity index (χ4v) is 5.02. The Morgan fingerprint density at radius 1 is 1.04 bits per heavy atom. The Bertz CT molecular complexity index is 772. The van der Waals surface area contributed by atoms with E-state index in [0.29, 0.717) is 5.69 Å². The average Bonchev–Trinajstić information content (AvgIpc) is 3.19. The summed E-state index contributed by atoms with van der Waals surface area (Å²) in [6.07, 6.45) is 7.87. The number of carbonyl (C=O) groups is 3. The summed E-state index contributed by atoms with van der Waals surface area (Å²) in [7, 11) is 0. The topological polar surface area (TPSA) is 69.7 Å². The number of imide groups is 1. The molecule has 2 aliphatic carbocycles. The predicted molar refractivity (Wildman–Crippen MR) is 107 cm³/mol. The van der Waals surface area contributed by atoms with Gasteiger partial charge in [0, 0.05) is 12.1 Å². The molecule has 1 aromatic rings. The van der Waals surface area contributed by atoms with Crippen LogP contribution in [0, 0.1) is 12.8 Å². The van der Waals surface area contributed by atoms with Crippen molar-refractivity contribution >= 4 is 23.5 Å². The van der Waals surface area contributed by atoms with Gasteiger partial charge in [-0.25, -0.2) is 9.69 Å². The highest BCUT2D eigenvalue weighted by atomic mass is 16.2. The maximum atomic E-state index is 13.4. The van der Waals surface area contributed by atoms with E-state index in [0.717, 1.165) is 56.9 Å². The average molecular weight is 383 g/mol. The van der Waals surface area contributed by atoms with Crippen molar-refractivity contribution in [3.05, 3.63) is 29.8 Å². The molecule has 3 fully saturated rings. The first-order valence-corrected chi connectivity index (χ1v) is 10.6. The number of fused-ring (bicyclic) bond motifs is 1. The normalized spacial score (nSPS) is 25.8. The highest BCUT2D eigenvalue weighted by molar-refractivity contribution is 6.17. The molecule has 150 valence electrons. The number of anilines is 1. The first-order valence-electron chi connectivity index (χ1n) is 10.6. The molecule has 6 nitrogen and oxygen atoms in total. The smallest absolute Gasteiger partial charge is 0.332 e. The largest absolute Gasteiger partial charge is 0.352 e. The van der Waals surface area contributed by atoms with Crippen LogP contribution in [0.2, 0.25) is 0 Å². The number of hydrogen-bond donors (Lipinski definition) is 1. The minimum absolute atomic E-state index is 0.0339. The SMILES string of the molecule is Cc1ccccc1N1C(=O)C2CCCCC2N(CC(=O)NC2CCCC2)C1=O. The molecule has 1 aliphatic heterocycles. The first kappa shape index (κ1) is 19.0. The minimum atomic E-state index is -0.357. The summed E-state index contributed by atoms with van der Waals surface area (Å²) in [6.45, 7) is 1.94. The summed E-state index contributed by atoms with van der Waals surface area (Å²) in [5.41, 5.74) is 1.51. The monoisotopic (exact) mass is 383 g/mol. The number of para-hydroxylation sites is 1. The fraction of sp³-hybridized carbons (Fsp3) is 0.591. The van der Waals surface area contributed by atoms with Gasteiger partial charge >= 0.3 is 6.03 Å². The van der Waals surface area contributed by atoms with Crippen molar-refractivity contribution in [2.75, 3.05) is 11.4 Å².